The Labute approximate surface area is 150 Å². The van der Waals surface area contributed by atoms with Gasteiger partial charge in [0.15, 0.2) is 0 Å². The Hall–Kier alpha value is -2.79. The standard InChI is InChI=1S/C19H17ClN2O3/c1-12-17(19(23)22(2)15-8-6-14(20)7-9-15)18(21-25-12)13-4-10-16(24-3)11-5-13/h4-11H,1-3H3. The number of aryl methyl sites for hydroxylation is 1. The first kappa shape index (κ1) is 17.0. The van der Waals surface area contributed by atoms with E-state index in [1.165, 1.54) is 0 Å². The molecule has 128 valence electrons. The van der Waals surface area contributed by atoms with Crippen LogP contribution in [0, 0.1) is 6.92 Å². The number of aromatic nitrogens is 1. The Morgan fingerprint density at radius 1 is 1.12 bits per heavy atom. The van der Waals surface area contributed by atoms with Gasteiger partial charge in [-0.05, 0) is 55.5 Å². The lowest BCUT2D eigenvalue weighted by molar-refractivity contribution is 0.0992. The van der Waals surface area contributed by atoms with Gasteiger partial charge >= 0.3 is 0 Å². The van der Waals surface area contributed by atoms with Gasteiger partial charge in [0.1, 0.15) is 22.8 Å². The van der Waals surface area contributed by atoms with Crippen LogP contribution < -0.4 is 9.64 Å². The van der Waals surface area contributed by atoms with Crippen LogP contribution in [0.3, 0.4) is 0 Å². The van der Waals surface area contributed by atoms with Crippen LogP contribution in [0.4, 0.5) is 5.69 Å². The highest BCUT2D eigenvalue weighted by Crippen LogP contribution is 2.29. The van der Waals surface area contributed by atoms with Gasteiger partial charge in [-0.25, -0.2) is 0 Å². The number of nitrogens with zero attached hydrogens (tertiary/aromatic N) is 2. The molecule has 0 unspecified atom stereocenters. The summed E-state index contributed by atoms with van der Waals surface area (Å²) in [5, 5.41) is 4.68. The molecule has 0 aliphatic rings. The topological polar surface area (TPSA) is 55.6 Å². The number of amides is 1. The quantitative estimate of drug-likeness (QED) is 0.686. The van der Waals surface area contributed by atoms with Crippen molar-refractivity contribution in [3.63, 3.8) is 0 Å². The third kappa shape index (κ3) is 3.37. The van der Waals surface area contributed by atoms with Crippen LogP contribution in [0.1, 0.15) is 16.1 Å². The number of benzene rings is 2. The minimum atomic E-state index is -0.202. The molecular formula is C19H17ClN2O3. The summed E-state index contributed by atoms with van der Waals surface area (Å²) in [6, 6.07) is 14.4. The van der Waals surface area contributed by atoms with Gasteiger partial charge in [0, 0.05) is 23.3 Å². The molecule has 0 N–H and O–H groups in total. The maximum Gasteiger partial charge on any atom is 0.263 e. The smallest absolute Gasteiger partial charge is 0.263 e. The van der Waals surface area contributed by atoms with Gasteiger partial charge in [0.2, 0.25) is 0 Å². The minimum absolute atomic E-state index is 0.202. The minimum Gasteiger partial charge on any atom is -0.497 e. The van der Waals surface area contributed by atoms with E-state index in [4.69, 9.17) is 20.9 Å². The average Bonchev–Trinajstić information content (AvgIpc) is 3.02. The molecule has 1 heterocycles. The zero-order chi connectivity index (χ0) is 18.0. The Morgan fingerprint density at radius 2 is 1.76 bits per heavy atom. The van der Waals surface area contributed by atoms with Gasteiger partial charge < -0.3 is 14.2 Å². The van der Waals surface area contributed by atoms with E-state index in [-0.39, 0.29) is 5.91 Å². The van der Waals surface area contributed by atoms with Crippen LogP contribution in [0.15, 0.2) is 53.1 Å². The molecule has 1 aromatic heterocycles. The molecular weight excluding hydrogens is 340 g/mol. The number of carbonyl (C=O) groups is 1. The second kappa shape index (κ2) is 6.99. The Balaban J connectivity index is 1.97. The number of halogens is 1. The SMILES string of the molecule is COc1ccc(-c2noc(C)c2C(=O)N(C)c2ccc(Cl)cc2)cc1. The molecule has 0 bridgehead atoms. The number of methoxy groups -OCH3 is 1. The maximum absolute atomic E-state index is 13.0. The predicted molar refractivity (Wildman–Crippen MR) is 97.4 cm³/mol. The van der Waals surface area contributed by atoms with E-state index in [0.29, 0.717) is 22.0 Å². The van der Waals surface area contributed by atoms with Crippen molar-refractivity contribution in [2.75, 3.05) is 19.1 Å². The number of hydrogen-bond acceptors (Lipinski definition) is 4. The highest BCUT2D eigenvalue weighted by atomic mass is 35.5. The molecule has 0 spiro atoms. The molecule has 5 nitrogen and oxygen atoms in total. The van der Waals surface area contributed by atoms with Crippen LogP contribution in [-0.4, -0.2) is 25.2 Å². The van der Waals surface area contributed by atoms with Crippen LogP contribution >= 0.6 is 11.6 Å². The summed E-state index contributed by atoms with van der Waals surface area (Å²) in [7, 11) is 3.31. The largest absolute Gasteiger partial charge is 0.497 e. The van der Waals surface area contributed by atoms with E-state index in [9.17, 15) is 4.79 Å². The average molecular weight is 357 g/mol. The Bertz CT molecular complexity index is 886. The van der Waals surface area contributed by atoms with Crippen LogP contribution in [0.2, 0.25) is 5.02 Å². The van der Waals surface area contributed by atoms with Crippen molar-refractivity contribution in [1.82, 2.24) is 5.16 Å². The van der Waals surface area contributed by atoms with Crippen molar-refractivity contribution in [2.24, 2.45) is 0 Å². The third-order valence-electron chi connectivity index (χ3n) is 3.96. The molecule has 0 saturated carbocycles. The first-order valence-corrected chi connectivity index (χ1v) is 8.03. The van der Waals surface area contributed by atoms with Crippen LogP contribution in [-0.2, 0) is 0 Å². The van der Waals surface area contributed by atoms with Crippen molar-refractivity contribution in [1.29, 1.82) is 0 Å². The second-order valence-electron chi connectivity index (χ2n) is 5.53. The fourth-order valence-corrected chi connectivity index (χ4v) is 2.65. The fourth-order valence-electron chi connectivity index (χ4n) is 2.52. The van der Waals surface area contributed by atoms with Gasteiger partial charge in [-0.3, -0.25) is 4.79 Å². The summed E-state index contributed by atoms with van der Waals surface area (Å²) in [5.41, 5.74) is 2.45. The monoisotopic (exact) mass is 356 g/mol. The van der Waals surface area contributed by atoms with Gasteiger partial charge in [-0.1, -0.05) is 16.8 Å². The molecule has 2 aromatic carbocycles. The molecule has 6 heteroatoms. The Morgan fingerprint density at radius 3 is 2.36 bits per heavy atom. The van der Waals surface area contributed by atoms with E-state index < -0.39 is 0 Å². The first-order valence-electron chi connectivity index (χ1n) is 7.65. The van der Waals surface area contributed by atoms with Crippen LogP contribution in [0.25, 0.3) is 11.3 Å². The molecule has 0 aliphatic carbocycles. The third-order valence-corrected chi connectivity index (χ3v) is 4.21. The summed E-state index contributed by atoms with van der Waals surface area (Å²) in [4.78, 5) is 14.5. The number of anilines is 1. The summed E-state index contributed by atoms with van der Waals surface area (Å²) in [6.45, 7) is 1.73. The zero-order valence-electron chi connectivity index (χ0n) is 14.1. The van der Waals surface area contributed by atoms with E-state index in [2.05, 4.69) is 5.16 Å². The lowest BCUT2D eigenvalue weighted by atomic mass is 10.0. The molecule has 0 saturated heterocycles. The molecule has 3 aromatic rings. The summed E-state index contributed by atoms with van der Waals surface area (Å²) >= 11 is 5.91. The Kier molecular flexibility index (Phi) is 4.76. The van der Waals surface area contributed by atoms with Crippen molar-refractivity contribution >= 4 is 23.2 Å². The summed E-state index contributed by atoms with van der Waals surface area (Å²) in [5.74, 6) is 0.999. The number of carbonyl (C=O) groups excluding carboxylic acids is 1. The lowest BCUT2D eigenvalue weighted by Crippen LogP contribution is -2.26. The molecule has 0 fully saturated rings. The normalized spacial score (nSPS) is 10.6. The molecule has 1 amide bonds. The first-order chi connectivity index (χ1) is 12.0. The van der Waals surface area contributed by atoms with E-state index in [1.54, 1.807) is 50.2 Å². The zero-order valence-corrected chi connectivity index (χ0v) is 14.9. The van der Waals surface area contributed by atoms with Crippen molar-refractivity contribution in [2.45, 2.75) is 6.92 Å². The number of rotatable bonds is 4. The summed E-state index contributed by atoms with van der Waals surface area (Å²) in [6.07, 6.45) is 0. The summed E-state index contributed by atoms with van der Waals surface area (Å²) < 4.78 is 10.4. The van der Waals surface area contributed by atoms with Crippen LogP contribution in [0.5, 0.6) is 5.75 Å². The van der Waals surface area contributed by atoms with Gasteiger partial charge in [-0.2, -0.15) is 0 Å². The highest BCUT2D eigenvalue weighted by molar-refractivity contribution is 6.30. The molecule has 0 aliphatic heterocycles. The molecule has 0 atom stereocenters. The van der Waals surface area contributed by atoms with Crippen molar-refractivity contribution < 1.29 is 14.1 Å². The highest BCUT2D eigenvalue weighted by Gasteiger charge is 2.25. The molecule has 25 heavy (non-hydrogen) atoms. The molecule has 0 radical (unpaired) electrons. The van der Waals surface area contributed by atoms with Crippen molar-refractivity contribution in [3.8, 4) is 17.0 Å². The number of ether oxygens (including phenoxy) is 1. The van der Waals surface area contributed by atoms with Gasteiger partial charge in [-0.15, -0.1) is 0 Å². The predicted octanol–water partition coefficient (Wildman–Crippen LogP) is 4.59. The van der Waals surface area contributed by atoms with Gasteiger partial charge in [0.25, 0.3) is 5.91 Å². The second-order valence-corrected chi connectivity index (χ2v) is 5.97. The van der Waals surface area contributed by atoms with E-state index >= 15 is 0 Å². The fraction of sp³-hybridized carbons (Fsp3) is 0.158. The van der Waals surface area contributed by atoms with Crippen molar-refractivity contribution in [3.05, 3.63) is 64.9 Å². The van der Waals surface area contributed by atoms with E-state index in [0.717, 1.165) is 17.0 Å². The molecule has 3 rings (SSSR count). The van der Waals surface area contributed by atoms with E-state index in [1.807, 2.05) is 24.3 Å². The van der Waals surface area contributed by atoms with Gasteiger partial charge in [0.05, 0.1) is 7.11 Å². The maximum atomic E-state index is 13.0. The number of hydrogen-bond donors (Lipinski definition) is 0. The lowest BCUT2D eigenvalue weighted by Gasteiger charge is -2.17.